The van der Waals surface area contributed by atoms with Gasteiger partial charge in [0.25, 0.3) is 0 Å². The van der Waals surface area contributed by atoms with Crippen LogP contribution in [-0.2, 0) is 4.74 Å². The van der Waals surface area contributed by atoms with Crippen LogP contribution in [0.2, 0.25) is 5.02 Å². The van der Waals surface area contributed by atoms with Crippen LogP contribution in [0.25, 0.3) is 0 Å². The van der Waals surface area contributed by atoms with E-state index in [-0.39, 0.29) is 0 Å². The first-order chi connectivity index (χ1) is 8.63. The molecule has 1 aromatic rings. The lowest BCUT2D eigenvalue weighted by atomic mass is 10.2. The van der Waals surface area contributed by atoms with E-state index in [0.717, 1.165) is 31.7 Å². The number of anilines is 1. The maximum Gasteiger partial charge on any atom is 0.101 e. The van der Waals surface area contributed by atoms with Crippen molar-refractivity contribution in [2.45, 2.75) is 32.8 Å². The molecule has 0 heterocycles. The lowest BCUT2D eigenvalue weighted by Crippen LogP contribution is -2.07. The van der Waals surface area contributed by atoms with Crippen LogP contribution >= 0.6 is 11.6 Å². The Balaban J connectivity index is 2.24. The summed E-state index contributed by atoms with van der Waals surface area (Å²) < 4.78 is 5.46. The minimum Gasteiger partial charge on any atom is -0.385 e. The zero-order valence-corrected chi connectivity index (χ0v) is 11.6. The SMILES string of the molecule is CC(C)OCCCCNc1ccc(C#N)c(Cl)c1. The number of nitrogens with zero attached hydrogens (tertiary/aromatic N) is 1. The molecule has 0 saturated carbocycles. The molecule has 4 heteroatoms. The number of nitrogens with one attached hydrogen (secondary N) is 1. The summed E-state index contributed by atoms with van der Waals surface area (Å²) in [5, 5.41) is 12.5. The Morgan fingerprint density at radius 2 is 2.17 bits per heavy atom. The third-order valence-corrected chi connectivity index (χ3v) is 2.75. The second-order valence-electron chi connectivity index (χ2n) is 4.36. The largest absolute Gasteiger partial charge is 0.385 e. The molecular weight excluding hydrogens is 248 g/mol. The smallest absolute Gasteiger partial charge is 0.101 e. The Kier molecular flexibility index (Phi) is 6.56. The molecular formula is C14H19ClN2O. The number of ether oxygens (including phenoxy) is 1. The van der Waals surface area contributed by atoms with E-state index in [2.05, 4.69) is 5.32 Å². The molecule has 0 aromatic heterocycles. The van der Waals surface area contributed by atoms with Gasteiger partial charge < -0.3 is 10.1 Å². The van der Waals surface area contributed by atoms with Gasteiger partial charge in [-0.2, -0.15) is 5.26 Å². The summed E-state index contributed by atoms with van der Waals surface area (Å²) in [6.45, 7) is 5.76. The molecule has 0 bridgehead atoms. The van der Waals surface area contributed by atoms with Gasteiger partial charge >= 0.3 is 0 Å². The minimum atomic E-state index is 0.301. The lowest BCUT2D eigenvalue weighted by Gasteiger charge is -2.09. The molecule has 3 nitrogen and oxygen atoms in total. The second-order valence-corrected chi connectivity index (χ2v) is 4.77. The molecule has 0 fully saturated rings. The standard InChI is InChI=1S/C14H19ClN2O/c1-11(2)18-8-4-3-7-17-13-6-5-12(10-16)14(15)9-13/h5-6,9,11,17H,3-4,7-8H2,1-2H3. The third-order valence-electron chi connectivity index (χ3n) is 2.44. The topological polar surface area (TPSA) is 45.0 Å². The molecule has 0 aliphatic carbocycles. The number of benzene rings is 1. The summed E-state index contributed by atoms with van der Waals surface area (Å²) in [5.74, 6) is 0. The molecule has 0 radical (unpaired) electrons. The Bertz CT molecular complexity index is 413. The predicted octanol–water partition coefficient (Wildman–Crippen LogP) is 3.83. The van der Waals surface area contributed by atoms with Crippen LogP contribution < -0.4 is 5.32 Å². The zero-order chi connectivity index (χ0) is 13.4. The maximum atomic E-state index is 8.76. The molecule has 0 saturated heterocycles. The normalized spacial score (nSPS) is 10.4. The number of hydrogen-bond donors (Lipinski definition) is 1. The monoisotopic (exact) mass is 266 g/mol. The van der Waals surface area contributed by atoms with Crippen LogP contribution in [0, 0.1) is 11.3 Å². The molecule has 1 rings (SSSR count). The maximum absolute atomic E-state index is 8.76. The van der Waals surface area contributed by atoms with Gasteiger partial charge in [0.05, 0.1) is 16.7 Å². The summed E-state index contributed by atoms with van der Waals surface area (Å²) in [4.78, 5) is 0. The highest BCUT2D eigenvalue weighted by Gasteiger charge is 2.00. The van der Waals surface area contributed by atoms with Gasteiger partial charge in [0.1, 0.15) is 6.07 Å². The van der Waals surface area contributed by atoms with E-state index < -0.39 is 0 Å². The first kappa shape index (κ1) is 14.8. The molecule has 1 N–H and O–H groups in total. The Labute approximate surface area is 114 Å². The number of nitriles is 1. The van der Waals surface area contributed by atoms with Crippen LogP contribution in [-0.4, -0.2) is 19.3 Å². The van der Waals surface area contributed by atoms with Gasteiger partial charge in [0, 0.05) is 18.8 Å². The summed E-state index contributed by atoms with van der Waals surface area (Å²) in [6.07, 6.45) is 2.38. The average Bonchev–Trinajstić information content (AvgIpc) is 2.33. The quantitative estimate of drug-likeness (QED) is 0.763. The minimum absolute atomic E-state index is 0.301. The summed E-state index contributed by atoms with van der Waals surface area (Å²) in [5.41, 5.74) is 1.45. The van der Waals surface area contributed by atoms with Crippen molar-refractivity contribution in [2.24, 2.45) is 0 Å². The zero-order valence-electron chi connectivity index (χ0n) is 10.9. The third kappa shape index (κ3) is 5.39. The van der Waals surface area contributed by atoms with Crippen LogP contribution in [0.3, 0.4) is 0 Å². The van der Waals surface area contributed by atoms with E-state index in [1.165, 1.54) is 0 Å². The Hall–Kier alpha value is -1.24. The lowest BCUT2D eigenvalue weighted by molar-refractivity contribution is 0.0765. The molecule has 98 valence electrons. The fraction of sp³-hybridized carbons (Fsp3) is 0.500. The first-order valence-corrected chi connectivity index (χ1v) is 6.56. The van der Waals surface area contributed by atoms with Gasteiger partial charge in [-0.15, -0.1) is 0 Å². The van der Waals surface area contributed by atoms with E-state index >= 15 is 0 Å². The van der Waals surface area contributed by atoms with Crippen LogP contribution in [0.5, 0.6) is 0 Å². The van der Waals surface area contributed by atoms with Gasteiger partial charge in [-0.1, -0.05) is 11.6 Å². The van der Waals surface area contributed by atoms with Crippen LogP contribution in [0.15, 0.2) is 18.2 Å². The number of unbranched alkanes of at least 4 members (excludes halogenated alkanes) is 1. The first-order valence-electron chi connectivity index (χ1n) is 6.18. The van der Waals surface area contributed by atoms with Crippen LogP contribution in [0.1, 0.15) is 32.3 Å². The Morgan fingerprint density at radius 3 is 2.78 bits per heavy atom. The van der Waals surface area contributed by atoms with E-state index in [0.29, 0.717) is 16.7 Å². The van der Waals surface area contributed by atoms with Gasteiger partial charge in [-0.3, -0.25) is 0 Å². The van der Waals surface area contributed by atoms with E-state index in [9.17, 15) is 0 Å². The number of halogens is 1. The average molecular weight is 267 g/mol. The molecule has 0 amide bonds. The number of hydrogen-bond acceptors (Lipinski definition) is 3. The summed E-state index contributed by atoms with van der Waals surface area (Å²) in [6, 6.07) is 7.42. The highest BCUT2D eigenvalue weighted by Crippen LogP contribution is 2.20. The van der Waals surface area contributed by atoms with Crippen molar-refractivity contribution in [1.82, 2.24) is 0 Å². The van der Waals surface area contributed by atoms with Crippen molar-refractivity contribution in [3.8, 4) is 6.07 Å². The van der Waals surface area contributed by atoms with Crippen LogP contribution in [0.4, 0.5) is 5.69 Å². The highest BCUT2D eigenvalue weighted by atomic mass is 35.5. The van der Waals surface area contributed by atoms with Gasteiger partial charge in [-0.25, -0.2) is 0 Å². The molecule has 0 unspecified atom stereocenters. The van der Waals surface area contributed by atoms with Crippen molar-refractivity contribution in [3.05, 3.63) is 28.8 Å². The summed E-state index contributed by atoms with van der Waals surface area (Å²) >= 11 is 5.94. The van der Waals surface area contributed by atoms with Crippen molar-refractivity contribution in [2.75, 3.05) is 18.5 Å². The molecule has 0 spiro atoms. The molecule has 0 atom stereocenters. The fourth-order valence-electron chi connectivity index (χ4n) is 1.49. The molecule has 18 heavy (non-hydrogen) atoms. The summed E-state index contributed by atoms with van der Waals surface area (Å²) in [7, 11) is 0. The van der Waals surface area contributed by atoms with Crippen molar-refractivity contribution >= 4 is 17.3 Å². The van der Waals surface area contributed by atoms with E-state index in [4.69, 9.17) is 21.6 Å². The van der Waals surface area contributed by atoms with Crippen molar-refractivity contribution in [3.63, 3.8) is 0 Å². The molecule has 0 aliphatic heterocycles. The second kappa shape index (κ2) is 7.97. The van der Waals surface area contributed by atoms with Gasteiger partial charge in [0.15, 0.2) is 0 Å². The van der Waals surface area contributed by atoms with Crippen molar-refractivity contribution < 1.29 is 4.74 Å². The Morgan fingerprint density at radius 1 is 1.39 bits per heavy atom. The van der Waals surface area contributed by atoms with Gasteiger partial charge in [0.2, 0.25) is 0 Å². The van der Waals surface area contributed by atoms with E-state index in [1.807, 2.05) is 26.0 Å². The fourth-order valence-corrected chi connectivity index (χ4v) is 1.72. The molecule has 0 aliphatic rings. The molecule has 1 aromatic carbocycles. The predicted molar refractivity (Wildman–Crippen MR) is 75.0 cm³/mol. The van der Waals surface area contributed by atoms with E-state index in [1.54, 1.807) is 12.1 Å². The number of rotatable bonds is 7. The van der Waals surface area contributed by atoms with Crippen molar-refractivity contribution in [1.29, 1.82) is 5.26 Å². The van der Waals surface area contributed by atoms with Gasteiger partial charge in [-0.05, 0) is 44.9 Å². The highest BCUT2D eigenvalue weighted by molar-refractivity contribution is 6.32.